The second-order valence-electron chi connectivity index (χ2n) is 9.27. The van der Waals surface area contributed by atoms with Crippen LogP contribution in [0.15, 0.2) is 108 Å². The minimum atomic E-state index is -1.07. The zero-order valence-electron chi connectivity index (χ0n) is 22.1. The number of H-pyrrole nitrogens is 1. The maximum Gasteiger partial charge on any atom is 0.270 e. The van der Waals surface area contributed by atoms with E-state index in [0.29, 0.717) is 12.2 Å². The predicted molar refractivity (Wildman–Crippen MR) is 153 cm³/mol. The van der Waals surface area contributed by atoms with E-state index < -0.39 is 35.2 Å². The quantitative estimate of drug-likeness (QED) is 0.252. The van der Waals surface area contributed by atoms with E-state index in [2.05, 4.69) is 25.9 Å². The zero-order valence-corrected chi connectivity index (χ0v) is 22.1. The summed E-state index contributed by atoms with van der Waals surface area (Å²) in [6.07, 6.45) is 1.53. The predicted octanol–water partition coefficient (Wildman–Crippen LogP) is 4.36. The second-order valence-corrected chi connectivity index (χ2v) is 9.27. The van der Waals surface area contributed by atoms with E-state index in [-0.39, 0.29) is 16.9 Å². The molecule has 0 unspecified atom stereocenters. The van der Waals surface area contributed by atoms with Crippen LogP contribution in [0.5, 0.6) is 0 Å². The molecule has 0 spiro atoms. The van der Waals surface area contributed by atoms with E-state index in [1.54, 1.807) is 10.7 Å². The van der Waals surface area contributed by atoms with Crippen LogP contribution in [0.3, 0.4) is 0 Å². The summed E-state index contributed by atoms with van der Waals surface area (Å²) in [7, 11) is 0. The van der Waals surface area contributed by atoms with Crippen LogP contribution < -0.4 is 16.2 Å². The zero-order chi connectivity index (χ0) is 28.8. The Morgan fingerprint density at radius 1 is 0.927 bits per heavy atom. The first-order valence-corrected chi connectivity index (χ1v) is 13.0. The number of hydrogen-bond donors (Lipinski definition) is 3. The van der Waals surface area contributed by atoms with Gasteiger partial charge in [-0.2, -0.15) is 10.2 Å². The number of carbonyl (C=O) groups is 2. The fourth-order valence-electron chi connectivity index (χ4n) is 4.71. The number of halogens is 1. The molecule has 0 fully saturated rings. The minimum absolute atomic E-state index is 0.156. The van der Waals surface area contributed by atoms with Crippen molar-refractivity contribution < 1.29 is 14.0 Å². The third-order valence-corrected chi connectivity index (χ3v) is 6.66. The van der Waals surface area contributed by atoms with Crippen molar-refractivity contribution in [3.05, 3.63) is 136 Å². The van der Waals surface area contributed by atoms with Gasteiger partial charge in [0.15, 0.2) is 0 Å². The van der Waals surface area contributed by atoms with Crippen molar-refractivity contribution in [3.63, 3.8) is 0 Å². The fraction of sp³-hybridized carbons (Fsp3) is 0.129. The number of anilines is 1. The van der Waals surface area contributed by atoms with Crippen LogP contribution in [0.25, 0.3) is 11.3 Å². The monoisotopic (exact) mass is 550 g/mol. The van der Waals surface area contributed by atoms with Crippen molar-refractivity contribution >= 4 is 17.5 Å². The summed E-state index contributed by atoms with van der Waals surface area (Å²) in [6.45, 7) is 2.34. The van der Waals surface area contributed by atoms with Crippen molar-refractivity contribution in [2.75, 3.05) is 5.32 Å². The van der Waals surface area contributed by atoms with Gasteiger partial charge in [-0.3, -0.25) is 19.1 Å². The number of amides is 2. The molecule has 41 heavy (non-hydrogen) atoms. The van der Waals surface area contributed by atoms with Crippen molar-refractivity contribution in [1.29, 1.82) is 0 Å². The van der Waals surface area contributed by atoms with Crippen LogP contribution in [0.2, 0.25) is 0 Å². The van der Waals surface area contributed by atoms with E-state index in [0.717, 1.165) is 11.1 Å². The molecule has 3 N–H and O–H groups in total. The van der Waals surface area contributed by atoms with Crippen LogP contribution in [0.1, 0.15) is 34.5 Å². The van der Waals surface area contributed by atoms with E-state index in [4.69, 9.17) is 0 Å². The number of hydrogen-bond acceptors (Lipinski definition) is 5. The van der Waals surface area contributed by atoms with Crippen LogP contribution in [-0.4, -0.2) is 37.8 Å². The first-order chi connectivity index (χ1) is 19.9. The van der Waals surface area contributed by atoms with Gasteiger partial charge in [-0.1, -0.05) is 60.7 Å². The molecule has 0 bridgehead atoms. The lowest BCUT2D eigenvalue weighted by Gasteiger charge is -2.28. The molecular formula is C31H27FN6O3. The van der Waals surface area contributed by atoms with Gasteiger partial charge in [-0.25, -0.2) is 9.49 Å². The van der Waals surface area contributed by atoms with Crippen LogP contribution in [0.4, 0.5) is 10.1 Å². The largest absolute Gasteiger partial charge is 0.338 e. The number of aromatic nitrogens is 4. The molecule has 9 nitrogen and oxygen atoms in total. The number of nitrogens with zero attached hydrogens (tertiary/aromatic N) is 3. The molecule has 5 aromatic rings. The van der Waals surface area contributed by atoms with E-state index in [1.165, 1.54) is 36.5 Å². The van der Waals surface area contributed by atoms with E-state index >= 15 is 4.39 Å². The van der Waals surface area contributed by atoms with Gasteiger partial charge >= 0.3 is 0 Å². The van der Waals surface area contributed by atoms with Gasteiger partial charge in [0.25, 0.3) is 11.5 Å². The van der Waals surface area contributed by atoms with E-state index in [1.807, 2.05) is 67.6 Å². The Hall–Kier alpha value is -5.38. The molecular weight excluding hydrogens is 523 g/mol. The smallest absolute Gasteiger partial charge is 0.270 e. The van der Waals surface area contributed by atoms with Crippen molar-refractivity contribution in [2.24, 2.45) is 0 Å². The maximum atomic E-state index is 15.1. The molecule has 206 valence electrons. The molecule has 2 heterocycles. The molecule has 2 amide bonds. The van der Waals surface area contributed by atoms with Crippen molar-refractivity contribution in [3.8, 4) is 11.3 Å². The summed E-state index contributed by atoms with van der Waals surface area (Å²) in [5, 5.41) is 16.0. The number of aromatic amines is 1. The highest BCUT2D eigenvalue weighted by atomic mass is 19.1. The Labute approximate surface area is 235 Å². The normalized spacial score (nSPS) is 11.7. The van der Waals surface area contributed by atoms with Gasteiger partial charge in [-0.05, 0) is 48.4 Å². The number of aryl methyl sites for hydroxylation is 1. The second kappa shape index (κ2) is 12.2. The average molecular weight is 551 g/mol. The fourth-order valence-corrected chi connectivity index (χ4v) is 4.71. The standard InChI is InChI=1S/C31H27FN6O3/c1-2-38-26(17-18-33-38)30(40)35-29(28(20-9-5-3-6-10-20)21-11-7-4-8-12-21)31(41)34-22-13-14-23(24(32)19-22)25-15-16-27(39)37-36-25/h3-19,28-29H,2H2,1H3,(H,34,41)(H,35,40)(H,37,39)/t29-/m0/s1. The SMILES string of the molecule is CCn1nccc1C(=O)N[C@H](C(=O)Nc1ccc(-c2ccc(=O)[nH]n2)c(F)c1)C(c1ccccc1)c1ccccc1. The Kier molecular flexibility index (Phi) is 8.10. The minimum Gasteiger partial charge on any atom is -0.338 e. The summed E-state index contributed by atoms with van der Waals surface area (Å²) in [6, 6.07) is 26.2. The Balaban J connectivity index is 1.51. The Morgan fingerprint density at radius 2 is 1.61 bits per heavy atom. The molecule has 10 heteroatoms. The summed E-state index contributed by atoms with van der Waals surface area (Å²) >= 11 is 0. The molecule has 0 aliphatic carbocycles. The summed E-state index contributed by atoms with van der Waals surface area (Å²) in [5.41, 5.74) is 2.13. The molecule has 5 rings (SSSR count). The number of benzene rings is 3. The molecule has 3 aromatic carbocycles. The lowest BCUT2D eigenvalue weighted by atomic mass is 9.84. The molecule has 0 radical (unpaired) electrons. The topological polar surface area (TPSA) is 122 Å². The van der Waals surface area contributed by atoms with Crippen molar-refractivity contribution in [1.82, 2.24) is 25.3 Å². The van der Waals surface area contributed by atoms with Gasteiger partial charge < -0.3 is 10.6 Å². The van der Waals surface area contributed by atoms with Crippen LogP contribution in [0, 0.1) is 5.82 Å². The average Bonchev–Trinajstić information content (AvgIpc) is 3.48. The highest BCUT2D eigenvalue weighted by Gasteiger charge is 2.33. The third kappa shape index (κ3) is 6.11. The van der Waals surface area contributed by atoms with Gasteiger partial charge in [0.2, 0.25) is 5.91 Å². The number of nitrogens with one attached hydrogen (secondary N) is 3. The highest BCUT2D eigenvalue weighted by molar-refractivity contribution is 6.01. The highest BCUT2D eigenvalue weighted by Crippen LogP contribution is 2.30. The first kappa shape index (κ1) is 27.2. The van der Waals surface area contributed by atoms with Gasteiger partial charge in [0.1, 0.15) is 17.6 Å². The summed E-state index contributed by atoms with van der Waals surface area (Å²) in [5.74, 6) is -2.20. The van der Waals surface area contributed by atoms with Gasteiger partial charge in [0, 0.05) is 36.0 Å². The van der Waals surface area contributed by atoms with Crippen LogP contribution in [-0.2, 0) is 11.3 Å². The first-order valence-electron chi connectivity index (χ1n) is 13.0. The molecule has 0 saturated carbocycles. The van der Waals surface area contributed by atoms with Gasteiger partial charge in [-0.15, -0.1) is 0 Å². The number of rotatable bonds is 9. The third-order valence-electron chi connectivity index (χ3n) is 6.66. The maximum absolute atomic E-state index is 15.1. The lowest BCUT2D eigenvalue weighted by Crippen LogP contribution is -2.48. The van der Waals surface area contributed by atoms with Crippen molar-refractivity contribution in [2.45, 2.75) is 25.4 Å². The number of carbonyl (C=O) groups excluding carboxylic acids is 2. The lowest BCUT2D eigenvalue weighted by molar-refractivity contribution is -0.118. The molecule has 2 aromatic heterocycles. The molecule has 0 aliphatic heterocycles. The summed E-state index contributed by atoms with van der Waals surface area (Å²) in [4.78, 5) is 38.7. The Bertz CT molecular complexity index is 1660. The summed E-state index contributed by atoms with van der Waals surface area (Å²) < 4.78 is 16.6. The Morgan fingerprint density at radius 3 is 2.20 bits per heavy atom. The van der Waals surface area contributed by atoms with E-state index in [9.17, 15) is 14.4 Å². The van der Waals surface area contributed by atoms with Gasteiger partial charge in [0.05, 0.1) is 5.69 Å². The molecule has 0 aliphatic rings. The van der Waals surface area contributed by atoms with Crippen LogP contribution >= 0.6 is 0 Å². The molecule has 0 saturated heterocycles. The molecule has 1 atom stereocenters.